The molecule has 0 unspecified atom stereocenters. The third-order valence-corrected chi connectivity index (χ3v) is 10.7. The number of rotatable bonds is 6. The van der Waals surface area contributed by atoms with Gasteiger partial charge >= 0.3 is 0 Å². The molecule has 2 heterocycles. The predicted molar refractivity (Wildman–Crippen MR) is 208 cm³/mol. The molecule has 296 valence electrons. The highest BCUT2D eigenvalue weighted by molar-refractivity contribution is 5.85. The topological polar surface area (TPSA) is 116 Å². The summed E-state index contributed by atoms with van der Waals surface area (Å²) in [5, 5.41) is 8.08. The van der Waals surface area contributed by atoms with Crippen LogP contribution in [0.15, 0.2) is 48.8 Å². The largest absolute Gasteiger partial charge is 0.345 e. The molecule has 0 radical (unpaired) electrons. The Kier molecular flexibility index (Phi) is 11.4. The smallest absolute Gasteiger partial charge is 0.248 e. The highest BCUT2D eigenvalue weighted by atomic mass is 19.3. The van der Waals surface area contributed by atoms with Crippen molar-refractivity contribution in [2.24, 2.45) is 22.7 Å². The second kappa shape index (κ2) is 15.8. The Morgan fingerprint density at radius 3 is 1.34 bits per heavy atom. The van der Waals surface area contributed by atoms with Crippen molar-refractivity contribution in [3.05, 3.63) is 83.0 Å². The number of amides is 2. The van der Waals surface area contributed by atoms with Crippen molar-refractivity contribution in [2.45, 2.75) is 117 Å². The van der Waals surface area contributed by atoms with Crippen molar-refractivity contribution >= 4 is 22.6 Å². The summed E-state index contributed by atoms with van der Waals surface area (Å²) < 4.78 is 54.7. The van der Waals surface area contributed by atoms with Gasteiger partial charge in [0, 0.05) is 48.6 Å². The molecule has 12 heteroatoms. The van der Waals surface area contributed by atoms with Gasteiger partial charge in [-0.3, -0.25) is 9.59 Å². The molecular weight excluding hydrogens is 721 g/mol. The molecule has 2 amide bonds. The molecule has 0 spiro atoms. The van der Waals surface area contributed by atoms with Crippen LogP contribution in [-0.2, 0) is 9.59 Å². The Hall–Kier alpha value is -5.10. The quantitative estimate of drug-likeness (QED) is 0.116. The van der Waals surface area contributed by atoms with Gasteiger partial charge in [0.2, 0.25) is 23.7 Å². The monoisotopic (exact) mass is 770 g/mol. The number of nitrogens with one attached hydrogen (secondary N) is 4. The first-order valence-corrected chi connectivity index (χ1v) is 19.3. The molecule has 6 rings (SSSR count). The van der Waals surface area contributed by atoms with Crippen LogP contribution in [0.4, 0.5) is 17.6 Å². The number of carbonyl (C=O) groups excluding carboxylic acids is 2. The maximum Gasteiger partial charge on any atom is 0.248 e. The van der Waals surface area contributed by atoms with Gasteiger partial charge in [-0.05, 0) is 83.4 Å². The van der Waals surface area contributed by atoms with Gasteiger partial charge in [-0.2, -0.15) is 0 Å². The second-order valence-corrected chi connectivity index (χ2v) is 17.5. The summed E-state index contributed by atoms with van der Waals surface area (Å²) in [5.41, 5.74) is 1.98. The Morgan fingerprint density at radius 1 is 0.643 bits per heavy atom. The first-order chi connectivity index (χ1) is 26.2. The van der Waals surface area contributed by atoms with Gasteiger partial charge in [0.15, 0.2) is 0 Å². The van der Waals surface area contributed by atoms with E-state index in [0.29, 0.717) is 23.0 Å². The number of carbonyl (C=O) groups is 2. The maximum absolute atomic E-state index is 13.7. The summed E-state index contributed by atoms with van der Waals surface area (Å²) in [6.45, 7) is 11.9. The van der Waals surface area contributed by atoms with Crippen LogP contribution in [0.2, 0.25) is 0 Å². The number of hydrogen-bond acceptors (Lipinski definition) is 4. The summed E-state index contributed by atoms with van der Waals surface area (Å²) >= 11 is 0. The Balaban J connectivity index is 1.10. The Morgan fingerprint density at radius 2 is 1.00 bits per heavy atom. The summed E-state index contributed by atoms with van der Waals surface area (Å²) in [5.74, 6) is 7.01. The zero-order chi connectivity index (χ0) is 40.5. The maximum atomic E-state index is 13.7. The zero-order valence-corrected chi connectivity index (χ0v) is 32.8. The molecule has 0 aliphatic heterocycles. The van der Waals surface area contributed by atoms with Crippen LogP contribution in [0.5, 0.6) is 0 Å². The first kappa shape index (κ1) is 40.6. The summed E-state index contributed by atoms with van der Waals surface area (Å²) in [7, 11) is 0. The lowest BCUT2D eigenvalue weighted by Crippen LogP contribution is -2.42. The minimum absolute atomic E-state index is 0.164. The molecule has 8 nitrogen and oxygen atoms in total. The van der Waals surface area contributed by atoms with Gasteiger partial charge in [-0.1, -0.05) is 65.5 Å². The number of aromatic amines is 2. The lowest BCUT2D eigenvalue weighted by molar-refractivity contribution is -0.131. The Labute approximate surface area is 325 Å². The van der Waals surface area contributed by atoms with E-state index in [-0.39, 0.29) is 63.2 Å². The second-order valence-electron chi connectivity index (χ2n) is 17.5. The number of alkyl halides is 4. The van der Waals surface area contributed by atoms with E-state index >= 15 is 0 Å². The molecule has 2 saturated carbocycles. The molecular formula is C44H50F4N6O2. The van der Waals surface area contributed by atoms with Crippen LogP contribution in [0.25, 0.3) is 10.8 Å². The summed E-state index contributed by atoms with van der Waals surface area (Å²) in [6, 6.07) is 10.9. The average Bonchev–Trinajstić information content (AvgIpc) is 3.79. The third kappa shape index (κ3) is 10.2. The lowest BCUT2D eigenvalue weighted by Gasteiger charge is -2.33. The van der Waals surface area contributed by atoms with E-state index in [1.54, 1.807) is 12.4 Å². The lowest BCUT2D eigenvalue weighted by atomic mass is 9.83. The van der Waals surface area contributed by atoms with Crippen molar-refractivity contribution in [3.63, 3.8) is 0 Å². The zero-order valence-electron chi connectivity index (χ0n) is 32.8. The van der Waals surface area contributed by atoms with Crippen LogP contribution in [0.3, 0.4) is 0 Å². The molecule has 2 aromatic heterocycles. The standard InChI is InChI=1S/C44H50F4N6O2/c1-41(2,3)35(53-39(55)29-15-19-43(45,46)20-16-29)37-49-25-33(51-37)13-9-27-7-11-32-24-28(8-12-31(32)23-27)10-14-34-26-50-38(52-34)36(42(4,5)6)54-40(56)30-17-21-44(47,48)22-18-30/h7-8,11-12,23-26,29-30,35-36H,15-22H2,1-6H3,(H,49,51)(H,50,52)(H,53,55)(H,54,56)/t35-,36-/m1/s1. The van der Waals surface area contributed by atoms with E-state index in [4.69, 9.17) is 0 Å². The van der Waals surface area contributed by atoms with Gasteiger partial charge in [0.05, 0.1) is 24.5 Å². The highest BCUT2D eigenvalue weighted by Crippen LogP contribution is 2.39. The summed E-state index contributed by atoms with van der Waals surface area (Å²) in [4.78, 5) is 41.6. The van der Waals surface area contributed by atoms with Gasteiger partial charge in [-0.25, -0.2) is 27.5 Å². The molecule has 0 saturated heterocycles. The van der Waals surface area contributed by atoms with Crippen molar-refractivity contribution in [1.29, 1.82) is 0 Å². The number of hydrogen-bond donors (Lipinski definition) is 4. The SMILES string of the molecule is CC(C)(C)[C@H](NC(=O)C1CCC(F)(F)CC1)c1ncc(C#Cc2ccc3cc(C#Cc4cnc([C@@H](NC(=O)C5CCC(F)(F)CC5)C(C)(C)C)[nH]4)ccc3c2)[nH]1. The van der Waals surface area contributed by atoms with E-state index in [0.717, 1.165) is 21.9 Å². The summed E-state index contributed by atoms with van der Waals surface area (Å²) in [6.07, 6.45) is 2.82. The molecule has 2 aromatic carbocycles. The van der Waals surface area contributed by atoms with Crippen LogP contribution < -0.4 is 10.6 Å². The van der Waals surface area contributed by atoms with Crippen LogP contribution in [0.1, 0.15) is 139 Å². The molecule has 2 aliphatic rings. The normalized spacial score (nSPS) is 18.5. The molecule has 2 fully saturated rings. The predicted octanol–water partition coefficient (Wildman–Crippen LogP) is 9.14. The van der Waals surface area contributed by atoms with Crippen molar-refractivity contribution in [3.8, 4) is 23.7 Å². The van der Waals surface area contributed by atoms with E-state index in [9.17, 15) is 27.2 Å². The molecule has 0 bridgehead atoms. The average molecular weight is 771 g/mol. The van der Waals surface area contributed by atoms with E-state index < -0.39 is 46.6 Å². The molecule has 4 aromatic rings. The van der Waals surface area contributed by atoms with Gasteiger partial charge in [0.25, 0.3) is 0 Å². The Bertz CT molecular complexity index is 2030. The van der Waals surface area contributed by atoms with Crippen LogP contribution >= 0.6 is 0 Å². The number of fused-ring (bicyclic) bond motifs is 1. The molecule has 2 aliphatic carbocycles. The van der Waals surface area contributed by atoms with E-state index in [2.05, 4.69) is 54.3 Å². The van der Waals surface area contributed by atoms with Gasteiger partial charge in [-0.15, -0.1) is 0 Å². The highest BCUT2D eigenvalue weighted by Gasteiger charge is 2.41. The molecule has 2 atom stereocenters. The van der Waals surface area contributed by atoms with Gasteiger partial charge in [0.1, 0.15) is 23.0 Å². The fraction of sp³-hybridized carbons (Fsp3) is 0.500. The first-order valence-electron chi connectivity index (χ1n) is 19.3. The van der Waals surface area contributed by atoms with Crippen molar-refractivity contribution in [2.75, 3.05) is 0 Å². The number of imidazole rings is 2. The number of nitrogens with zero attached hydrogens (tertiary/aromatic N) is 2. The van der Waals surface area contributed by atoms with E-state index in [1.165, 1.54) is 0 Å². The number of benzene rings is 2. The number of H-pyrrole nitrogens is 2. The van der Waals surface area contributed by atoms with Crippen LogP contribution in [0, 0.1) is 46.3 Å². The number of halogens is 4. The molecule has 4 N–H and O–H groups in total. The fourth-order valence-corrected chi connectivity index (χ4v) is 7.29. The third-order valence-electron chi connectivity index (χ3n) is 10.7. The van der Waals surface area contributed by atoms with Crippen molar-refractivity contribution in [1.82, 2.24) is 30.6 Å². The van der Waals surface area contributed by atoms with Crippen molar-refractivity contribution < 1.29 is 27.2 Å². The van der Waals surface area contributed by atoms with E-state index in [1.807, 2.05) is 77.9 Å². The van der Waals surface area contributed by atoms with Crippen LogP contribution in [-0.4, -0.2) is 43.6 Å². The number of aromatic nitrogens is 4. The van der Waals surface area contributed by atoms with Gasteiger partial charge < -0.3 is 20.6 Å². The molecule has 56 heavy (non-hydrogen) atoms. The minimum Gasteiger partial charge on any atom is -0.345 e. The fourth-order valence-electron chi connectivity index (χ4n) is 7.29. The minimum atomic E-state index is -2.70.